The molecule has 1 aromatic heterocycles. The first-order chi connectivity index (χ1) is 9.79. The van der Waals surface area contributed by atoms with E-state index in [1.54, 1.807) is 18.2 Å². The highest BCUT2D eigenvalue weighted by atomic mass is 35.5. The molecule has 21 heavy (non-hydrogen) atoms. The molecule has 0 bridgehead atoms. The first kappa shape index (κ1) is 15.4. The summed E-state index contributed by atoms with van der Waals surface area (Å²) in [6, 6.07) is 6.77. The summed E-state index contributed by atoms with van der Waals surface area (Å²) in [5.41, 5.74) is 2.65. The Morgan fingerprint density at radius 2 is 1.81 bits per heavy atom. The molecule has 1 aromatic carbocycles. The summed E-state index contributed by atoms with van der Waals surface area (Å²) in [4.78, 5) is 3.92. The zero-order valence-electron chi connectivity index (χ0n) is 10.9. The normalized spacial score (nSPS) is 11.3. The average molecular weight is 317 g/mol. The summed E-state index contributed by atoms with van der Waals surface area (Å²) in [5.74, 6) is 5.06. The molecular weight excluding hydrogens is 305 g/mol. The number of rotatable bonds is 3. The van der Waals surface area contributed by atoms with Gasteiger partial charge in [0.25, 0.3) is 0 Å². The fourth-order valence-corrected chi connectivity index (χ4v) is 1.83. The average Bonchev–Trinajstić information content (AvgIpc) is 2.41. The zero-order chi connectivity index (χ0) is 15.6. The largest absolute Gasteiger partial charge is 0.416 e. The zero-order valence-corrected chi connectivity index (χ0v) is 11.7. The molecule has 4 nitrogen and oxygen atoms in total. The highest BCUT2D eigenvalue weighted by molar-refractivity contribution is 6.31. The maximum Gasteiger partial charge on any atom is 0.416 e. The van der Waals surface area contributed by atoms with Gasteiger partial charge in [-0.15, -0.1) is 0 Å². The monoisotopic (exact) mass is 316 g/mol. The molecule has 0 saturated carbocycles. The second-order valence-electron chi connectivity index (χ2n) is 4.36. The molecule has 0 saturated heterocycles. The quantitative estimate of drug-likeness (QED) is 0.589. The van der Waals surface area contributed by atoms with Gasteiger partial charge in [0.05, 0.1) is 5.56 Å². The summed E-state index contributed by atoms with van der Waals surface area (Å²) < 4.78 is 38.4. The van der Waals surface area contributed by atoms with Crippen LogP contribution in [0.15, 0.2) is 30.3 Å². The Morgan fingerprint density at radius 3 is 2.38 bits per heavy atom. The van der Waals surface area contributed by atoms with Crippen LogP contribution in [-0.4, -0.2) is 4.98 Å². The van der Waals surface area contributed by atoms with Gasteiger partial charge in [-0.3, -0.25) is 0 Å². The van der Waals surface area contributed by atoms with E-state index in [1.807, 2.05) is 6.92 Å². The number of benzene rings is 1. The lowest BCUT2D eigenvalue weighted by Gasteiger charge is -2.13. The fourth-order valence-electron chi connectivity index (χ4n) is 1.65. The molecule has 0 unspecified atom stereocenters. The van der Waals surface area contributed by atoms with Crippen LogP contribution in [0.5, 0.6) is 0 Å². The van der Waals surface area contributed by atoms with Crippen molar-refractivity contribution in [2.45, 2.75) is 13.1 Å². The molecule has 1 heterocycles. The standard InChI is InChI=1S/C13H12ClF3N4/c1-7-2-3-9(6-10(7)14)19-11-4-8(13(15,16)17)5-12(20-11)21-18/h2-6H,18H2,1H3,(H2,19,20,21). The van der Waals surface area contributed by atoms with E-state index in [2.05, 4.69) is 15.7 Å². The molecule has 0 atom stereocenters. The second kappa shape index (κ2) is 5.79. The first-order valence-electron chi connectivity index (χ1n) is 5.88. The molecule has 0 amide bonds. The smallest absolute Gasteiger partial charge is 0.340 e. The first-order valence-corrected chi connectivity index (χ1v) is 6.26. The molecule has 112 valence electrons. The molecule has 0 aliphatic heterocycles. The Balaban J connectivity index is 2.36. The van der Waals surface area contributed by atoms with Gasteiger partial charge in [0.2, 0.25) is 0 Å². The lowest BCUT2D eigenvalue weighted by Crippen LogP contribution is -2.13. The number of aromatic nitrogens is 1. The number of alkyl halides is 3. The third-order valence-corrected chi connectivity index (χ3v) is 3.15. The Labute approximate surface area is 124 Å². The second-order valence-corrected chi connectivity index (χ2v) is 4.76. The Bertz CT molecular complexity index is 658. The van der Waals surface area contributed by atoms with Crippen molar-refractivity contribution in [3.05, 3.63) is 46.5 Å². The van der Waals surface area contributed by atoms with Crippen molar-refractivity contribution in [3.63, 3.8) is 0 Å². The van der Waals surface area contributed by atoms with Crippen LogP contribution < -0.4 is 16.6 Å². The van der Waals surface area contributed by atoms with Crippen molar-refractivity contribution < 1.29 is 13.2 Å². The van der Waals surface area contributed by atoms with Gasteiger partial charge < -0.3 is 10.7 Å². The number of aryl methyl sites for hydroxylation is 1. The molecule has 0 aliphatic carbocycles. The highest BCUT2D eigenvalue weighted by Gasteiger charge is 2.31. The van der Waals surface area contributed by atoms with Gasteiger partial charge in [-0.2, -0.15) is 13.2 Å². The predicted molar refractivity (Wildman–Crippen MR) is 76.5 cm³/mol. The molecule has 0 spiro atoms. The minimum Gasteiger partial charge on any atom is -0.340 e. The minimum atomic E-state index is -4.49. The van der Waals surface area contributed by atoms with Crippen molar-refractivity contribution >= 4 is 28.9 Å². The van der Waals surface area contributed by atoms with E-state index in [1.165, 1.54) is 0 Å². The Kier molecular flexibility index (Phi) is 4.24. The molecular formula is C13H12ClF3N4. The number of nitrogen functional groups attached to an aromatic ring is 1. The summed E-state index contributed by atoms with van der Waals surface area (Å²) in [6.45, 7) is 1.82. The van der Waals surface area contributed by atoms with Crippen LogP contribution in [0.1, 0.15) is 11.1 Å². The Morgan fingerprint density at radius 1 is 1.14 bits per heavy atom. The lowest BCUT2D eigenvalue weighted by atomic mass is 10.2. The molecule has 0 fully saturated rings. The van der Waals surface area contributed by atoms with Crippen LogP contribution in [0.3, 0.4) is 0 Å². The van der Waals surface area contributed by atoms with E-state index >= 15 is 0 Å². The van der Waals surface area contributed by atoms with E-state index in [4.69, 9.17) is 17.4 Å². The summed E-state index contributed by atoms with van der Waals surface area (Å²) >= 11 is 5.97. The molecule has 4 N–H and O–H groups in total. The summed E-state index contributed by atoms with van der Waals surface area (Å²) in [7, 11) is 0. The number of nitrogens with zero attached hydrogens (tertiary/aromatic N) is 1. The van der Waals surface area contributed by atoms with Gasteiger partial charge in [-0.1, -0.05) is 17.7 Å². The number of nitrogens with two attached hydrogens (primary N) is 1. The van der Waals surface area contributed by atoms with Crippen molar-refractivity contribution in [1.82, 2.24) is 4.98 Å². The molecule has 8 heteroatoms. The number of hydrogen-bond donors (Lipinski definition) is 3. The third-order valence-electron chi connectivity index (χ3n) is 2.74. The summed E-state index contributed by atoms with van der Waals surface area (Å²) in [5, 5.41) is 3.27. The number of nitrogens with one attached hydrogen (secondary N) is 2. The predicted octanol–water partition coefficient (Wildman–Crippen LogP) is 4.09. The maximum atomic E-state index is 12.8. The number of pyridine rings is 1. The van der Waals surface area contributed by atoms with E-state index in [0.717, 1.165) is 17.7 Å². The van der Waals surface area contributed by atoms with Crippen molar-refractivity contribution in [2.75, 3.05) is 10.7 Å². The van der Waals surface area contributed by atoms with Gasteiger partial charge >= 0.3 is 6.18 Å². The van der Waals surface area contributed by atoms with Gasteiger partial charge in [-0.25, -0.2) is 10.8 Å². The van der Waals surface area contributed by atoms with Gasteiger partial charge in [0.15, 0.2) is 0 Å². The lowest BCUT2D eigenvalue weighted by molar-refractivity contribution is -0.137. The van der Waals surface area contributed by atoms with E-state index in [-0.39, 0.29) is 11.6 Å². The van der Waals surface area contributed by atoms with Crippen LogP contribution in [0.2, 0.25) is 5.02 Å². The molecule has 0 aliphatic rings. The van der Waals surface area contributed by atoms with E-state index < -0.39 is 11.7 Å². The van der Waals surface area contributed by atoms with Crippen LogP contribution in [0.25, 0.3) is 0 Å². The van der Waals surface area contributed by atoms with Crippen molar-refractivity contribution in [3.8, 4) is 0 Å². The number of halogens is 4. The summed E-state index contributed by atoms with van der Waals surface area (Å²) in [6.07, 6.45) is -4.49. The van der Waals surface area contributed by atoms with Gasteiger partial charge in [-0.05, 0) is 36.8 Å². The van der Waals surface area contributed by atoms with E-state index in [9.17, 15) is 13.2 Å². The Hall–Kier alpha value is -1.99. The van der Waals surface area contributed by atoms with Crippen LogP contribution in [0.4, 0.5) is 30.5 Å². The highest BCUT2D eigenvalue weighted by Crippen LogP contribution is 2.32. The van der Waals surface area contributed by atoms with Gasteiger partial charge in [0.1, 0.15) is 11.6 Å². The topological polar surface area (TPSA) is 63.0 Å². The molecule has 0 radical (unpaired) electrons. The maximum absolute atomic E-state index is 12.8. The van der Waals surface area contributed by atoms with E-state index in [0.29, 0.717) is 10.7 Å². The van der Waals surface area contributed by atoms with Gasteiger partial charge in [0, 0.05) is 10.7 Å². The fraction of sp³-hybridized carbons (Fsp3) is 0.154. The van der Waals surface area contributed by atoms with Crippen LogP contribution in [0, 0.1) is 6.92 Å². The number of hydrogen-bond acceptors (Lipinski definition) is 4. The third kappa shape index (κ3) is 3.77. The SMILES string of the molecule is Cc1ccc(Nc2cc(C(F)(F)F)cc(NN)n2)cc1Cl. The molecule has 2 rings (SSSR count). The van der Waals surface area contributed by atoms with Crippen LogP contribution in [-0.2, 0) is 6.18 Å². The number of hydrazine groups is 1. The van der Waals surface area contributed by atoms with Crippen molar-refractivity contribution in [1.29, 1.82) is 0 Å². The van der Waals surface area contributed by atoms with Crippen molar-refractivity contribution in [2.24, 2.45) is 5.84 Å². The number of anilines is 3. The van der Waals surface area contributed by atoms with Crippen LogP contribution >= 0.6 is 11.6 Å². The molecule has 2 aromatic rings. The minimum absolute atomic E-state index is 0.0118.